The first-order valence-electron chi connectivity index (χ1n) is 7.88. The number of aryl methyl sites for hydroxylation is 1. The zero-order valence-corrected chi connectivity index (χ0v) is 16.3. The van der Waals surface area contributed by atoms with Crippen LogP contribution in [0.4, 0.5) is 4.39 Å². The first kappa shape index (κ1) is 18.6. The van der Waals surface area contributed by atoms with E-state index in [2.05, 4.69) is 4.98 Å². The van der Waals surface area contributed by atoms with Crippen molar-refractivity contribution in [3.8, 4) is 16.9 Å². The summed E-state index contributed by atoms with van der Waals surface area (Å²) in [7, 11) is 0. The number of thiophene rings is 1. The topological polar surface area (TPSA) is 59.4 Å². The lowest BCUT2D eigenvalue weighted by molar-refractivity contribution is 0.00721. The highest BCUT2D eigenvalue weighted by molar-refractivity contribution is 7.18. The number of hydrogen-bond acceptors (Lipinski definition) is 5. The van der Waals surface area contributed by atoms with Crippen molar-refractivity contribution in [3.63, 3.8) is 0 Å². The molecule has 2 heterocycles. The highest BCUT2D eigenvalue weighted by Crippen LogP contribution is 2.41. The van der Waals surface area contributed by atoms with E-state index in [-0.39, 0.29) is 16.3 Å². The fraction of sp³-hybridized carbons (Fsp3) is 0.263. The zero-order chi connectivity index (χ0) is 19.2. The fourth-order valence-electron chi connectivity index (χ4n) is 2.60. The Morgan fingerprint density at radius 3 is 2.69 bits per heavy atom. The number of nitrogens with zero attached hydrogens (tertiary/aromatic N) is 1. The number of esters is 1. The molecule has 0 aliphatic heterocycles. The minimum absolute atomic E-state index is 0.00871. The monoisotopic (exact) mass is 393 g/mol. The molecule has 7 heteroatoms. The lowest BCUT2D eigenvalue weighted by atomic mass is 10.0. The number of carbonyl (C=O) groups is 1. The molecule has 3 rings (SSSR count). The Hall–Kier alpha value is -2.18. The average Bonchev–Trinajstić information content (AvgIpc) is 2.93. The van der Waals surface area contributed by atoms with Crippen LogP contribution in [-0.4, -0.2) is 21.7 Å². The first-order chi connectivity index (χ1) is 12.1. The number of halogens is 2. The van der Waals surface area contributed by atoms with Crippen molar-refractivity contribution >= 4 is 39.1 Å². The van der Waals surface area contributed by atoms with Gasteiger partial charge in [0, 0.05) is 16.6 Å². The Morgan fingerprint density at radius 2 is 2.04 bits per heavy atom. The molecular formula is C19H17ClFNO3S. The number of aromatic hydroxyl groups is 1. The molecule has 26 heavy (non-hydrogen) atoms. The molecule has 0 aliphatic rings. The van der Waals surface area contributed by atoms with Crippen molar-refractivity contribution in [2.24, 2.45) is 0 Å². The fourth-order valence-corrected chi connectivity index (χ4v) is 3.75. The molecule has 0 saturated carbocycles. The third kappa shape index (κ3) is 3.39. The smallest absolute Gasteiger partial charge is 0.341 e. The predicted octanol–water partition coefficient (Wildman–Crippen LogP) is 5.73. The molecule has 4 nitrogen and oxygen atoms in total. The van der Waals surface area contributed by atoms with E-state index in [1.807, 2.05) is 0 Å². The Labute approximate surface area is 159 Å². The molecular weight excluding hydrogens is 377 g/mol. The van der Waals surface area contributed by atoms with E-state index < -0.39 is 17.4 Å². The lowest BCUT2D eigenvalue weighted by Crippen LogP contribution is -2.23. The number of aromatic nitrogens is 1. The van der Waals surface area contributed by atoms with Gasteiger partial charge >= 0.3 is 5.97 Å². The molecule has 3 aromatic rings. The maximum Gasteiger partial charge on any atom is 0.341 e. The standard InChI is InChI=1S/C19H17ClFNO3S/c1-9-7-10(14-13(23)6-5-12(20)15(14)21)17-16(22-9)11(8-26-17)18(24)25-19(2,3)4/h5-8,23H,1-4H3. The van der Waals surface area contributed by atoms with E-state index in [0.717, 1.165) is 0 Å². The minimum atomic E-state index is -0.717. The number of benzene rings is 1. The number of pyridine rings is 1. The average molecular weight is 394 g/mol. The SMILES string of the molecule is Cc1cc(-c2c(O)ccc(Cl)c2F)c2scc(C(=O)OC(C)(C)C)c2n1. The summed E-state index contributed by atoms with van der Waals surface area (Å²) < 4.78 is 20.6. The van der Waals surface area contributed by atoms with Gasteiger partial charge in [0.2, 0.25) is 0 Å². The van der Waals surface area contributed by atoms with E-state index in [1.165, 1.54) is 23.5 Å². The molecule has 136 valence electrons. The van der Waals surface area contributed by atoms with Crippen LogP contribution in [0.3, 0.4) is 0 Å². The van der Waals surface area contributed by atoms with Gasteiger partial charge < -0.3 is 9.84 Å². The molecule has 0 bridgehead atoms. The number of rotatable bonds is 2. The molecule has 0 spiro atoms. The van der Waals surface area contributed by atoms with Crippen molar-refractivity contribution in [1.29, 1.82) is 0 Å². The van der Waals surface area contributed by atoms with Gasteiger partial charge in [-0.25, -0.2) is 9.18 Å². The highest BCUT2D eigenvalue weighted by Gasteiger charge is 2.24. The predicted molar refractivity (Wildman–Crippen MR) is 102 cm³/mol. The number of fused-ring (bicyclic) bond motifs is 1. The second-order valence-electron chi connectivity index (χ2n) is 6.90. The van der Waals surface area contributed by atoms with E-state index in [4.69, 9.17) is 16.3 Å². The Balaban J connectivity index is 2.25. The van der Waals surface area contributed by atoms with Crippen LogP contribution in [0.15, 0.2) is 23.6 Å². The molecule has 0 aliphatic carbocycles. The molecule has 0 amide bonds. The minimum Gasteiger partial charge on any atom is -0.507 e. The van der Waals surface area contributed by atoms with Crippen LogP contribution >= 0.6 is 22.9 Å². The van der Waals surface area contributed by atoms with Crippen LogP contribution in [0.2, 0.25) is 5.02 Å². The summed E-state index contributed by atoms with van der Waals surface area (Å²) >= 11 is 7.12. The number of hydrogen-bond donors (Lipinski definition) is 1. The van der Waals surface area contributed by atoms with Crippen molar-refractivity contribution in [2.75, 3.05) is 0 Å². The third-order valence-corrected chi connectivity index (χ3v) is 4.91. The quantitative estimate of drug-likeness (QED) is 0.565. The van der Waals surface area contributed by atoms with Gasteiger partial charge in [0.25, 0.3) is 0 Å². The van der Waals surface area contributed by atoms with Crippen LogP contribution in [-0.2, 0) is 4.74 Å². The number of phenols is 1. The summed E-state index contributed by atoms with van der Waals surface area (Å²) in [4.78, 5) is 16.9. The van der Waals surface area contributed by atoms with Crippen molar-refractivity contribution in [3.05, 3.63) is 45.7 Å². The van der Waals surface area contributed by atoms with Gasteiger partial charge in [-0.2, -0.15) is 0 Å². The molecule has 2 aromatic heterocycles. The van der Waals surface area contributed by atoms with Crippen LogP contribution in [0.5, 0.6) is 5.75 Å². The number of phenolic OH excluding ortho intramolecular Hbond substituents is 1. The zero-order valence-electron chi connectivity index (χ0n) is 14.7. The summed E-state index contributed by atoms with van der Waals surface area (Å²) in [6.45, 7) is 7.08. The van der Waals surface area contributed by atoms with E-state index in [9.17, 15) is 14.3 Å². The highest BCUT2D eigenvalue weighted by atomic mass is 35.5. The van der Waals surface area contributed by atoms with Crippen molar-refractivity contribution in [2.45, 2.75) is 33.3 Å². The van der Waals surface area contributed by atoms with E-state index in [0.29, 0.717) is 27.0 Å². The Bertz CT molecular complexity index is 1020. The Morgan fingerprint density at radius 1 is 1.35 bits per heavy atom. The van der Waals surface area contributed by atoms with Gasteiger partial charge in [-0.15, -0.1) is 11.3 Å². The second-order valence-corrected chi connectivity index (χ2v) is 8.18. The summed E-state index contributed by atoms with van der Waals surface area (Å²) in [6.07, 6.45) is 0. The second kappa shape index (κ2) is 6.52. The van der Waals surface area contributed by atoms with Crippen LogP contribution in [0.1, 0.15) is 36.8 Å². The molecule has 0 unspecified atom stereocenters. The summed E-state index contributed by atoms with van der Waals surface area (Å²) in [5.74, 6) is -1.44. The van der Waals surface area contributed by atoms with E-state index in [1.54, 1.807) is 39.1 Å². The van der Waals surface area contributed by atoms with E-state index >= 15 is 0 Å². The molecule has 1 aromatic carbocycles. The number of carbonyl (C=O) groups excluding carboxylic acids is 1. The summed E-state index contributed by atoms with van der Waals surface area (Å²) in [5, 5.41) is 11.7. The van der Waals surface area contributed by atoms with Gasteiger partial charge in [-0.1, -0.05) is 11.6 Å². The Kier molecular flexibility index (Phi) is 4.67. The molecule has 0 saturated heterocycles. The number of ether oxygens (including phenoxy) is 1. The first-order valence-corrected chi connectivity index (χ1v) is 9.14. The third-order valence-electron chi connectivity index (χ3n) is 3.61. The lowest BCUT2D eigenvalue weighted by Gasteiger charge is -2.19. The molecule has 0 fully saturated rings. The van der Waals surface area contributed by atoms with Gasteiger partial charge in [-0.05, 0) is 45.9 Å². The van der Waals surface area contributed by atoms with Crippen LogP contribution in [0, 0.1) is 12.7 Å². The summed E-state index contributed by atoms with van der Waals surface area (Å²) in [5.41, 5.74) is 1.09. The van der Waals surface area contributed by atoms with Gasteiger partial charge in [0.15, 0.2) is 5.82 Å². The maximum atomic E-state index is 14.6. The molecule has 0 atom stereocenters. The largest absolute Gasteiger partial charge is 0.507 e. The normalized spacial score (nSPS) is 11.8. The van der Waals surface area contributed by atoms with Gasteiger partial charge in [-0.3, -0.25) is 4.98 Å². The van der Waals surface area contributed by atoms with Crippen molar-refractivity contribution in [1.82, 2.24) is 4.98 Å². The maximum absolute atomic E-state index is 14.6. The molecule has 0 radical (unpaired) electrons. The summed E-state index contributed by atoms with van der Waals surface area (Å²) in [6, 6.07) is 4.29. The van der Waals surface area contributed by atoms with Gasteiger partial charge in [0.1, 0.15) is 11.4 Å². The van der Waals surface area contributed by atoms with Crippen LogP contribution in [0.25, 0.3) is 21.3 Å². The van der Waals surface area contributed by atoms with Crippen LogP contribution < -0.4 is 0 Å². The van der Waals surface area contributed by atoms with Gasteiger partial charge in [0.05, 0.1) is 26.4 Å². The molecule has 1 N–H and O–H groups in total. The van der Waals surface area contributed by atoms with Crippen molar-refractivity contribution < 1.29 is 19.0 Å².